The van der Waals surface area contributed by atoms with Crippen molar-refractivity contribution in [1.29, 1.82) is 0 Å². The van der Waals surface area contributed by atoms with E-state index in [9.17, 15) is 9.59 Å². The maximum atomic E-state index is 12.5. The highest BCUT2D eigenvalue weighted by atomic mass is 35.5. The van der Waals surface area contributed by atoms with Crippen LogP contribution in [0.15, 0.2) is 42.7 Å². The number of benzene rings is 1. The van der Waals surface area contributed by atoms with Crippen molar-refractivity contribution >= 4 is 29.1 Å². The number of halogens is 1. The summed E-state index contributed by atoms with van der Waals surface area (Å²) >= 11 is 5.97. The van der Waals surface area contributed by atoms with Crippen LogP contribution in [-0.2, 0) is 16.0 Å². The van der Waals surface area contributed by atoms with E-state index >= 15 is 0 Å². The molecule has 25 heavy (non-hydrogen) atoms. The van der Waals surface area contributed by atoms with Gasteiger partial charge in [-0.2, -0.15) is 0 Å². The van der Waals surface area contributed by atoms with Gasteiger partial charge in [0.15, 0.2) is 0 Å². The number of hydrogen-bond acceptors (Lipinski definition) is 3. The van der Waals surface area contributed by atoms with E-state index in [1.165, 1.54) is 11.8 Å². The lowest BCUT2D eigenvalue weighted by Gasteiger charge is -2.26. The predicted octanol–water partition coefficient (Wildman–Crippen LogP) is 3.10. The van der Waals surface area contributed by atoms with Crippen molar-refractivity contribution < 1.29 is 9.59 Å². The Morgan fingerprint density at radius 2 is 1.84 bits per heavy atom. The van der Waals surface area contributed by atoms with Crippen LogP contribution in [-0.4, -0.2) is 41.8 Å². The second-order valence-electron chi connectivity index (χ2n) is 5.96. The van der Waals surface area contributed by atoms with Crippen LogP contribution in [0.1, 0.15) is 18.1 Å². The number of pyridine rings is 1. The summed E-state index contributed by atoms with van der Waals surface area (Å²) < 4.78 is 0. The topological polar surface area (TPSA) is 53.5 Å². The number of amides is 2. The van der Waals surface area contributed by atoms with Gasteiger partial charge in [0.2, 0.25) is 11.8 Å². The molecule has 0 atom stereocenters. The SMILES string of the molecule is CC(=O)N(CC(=O)N(C)CCc1ccncc1)c1ccc(Cl)cc1C. The fraction of sp³-hybridized carbons (Fsp3) is 0.316. The molecule has 1 aromatic heterocycles. The van der Waals surface area contributed by atoms with E-state index in [1.54, 1.807) is 42.5 Å². The van der Waals surface area contributed by atoms with Gasteiger partial charge in [-0.05, 0) is 54.8 Å². The third-order valence-electron chi connectivity index (χ3n) is 4.03. The molecule has 132 valence electrons. The van der Waals surface area contributed by atoms with Crippen LogP contribution < -0.4 is 4.90 Å². The number of aryl methyl sites for hydroxylation is 1. The molecule has 0 radical (unpaired) electrons. The summed E-state index contributed by atoms with van der Waals surface area (Å²) in [6, 6.07) is 9.12. The summed E-state index contributed by atoms with van der Waals surface area (Å²) in [4.78, 5) is 31.7. The number of rotatable bonds is 6. The first-order chi connectivity index (χ1) is 11.9. The molecule has 0 saturated heterocycles. The van der Waals surface area contributed by atoms with Crippen molar-refractivity contribution in [2.24, 2.45) is 0 Å². The Labute approximate surface area is 153 Å². The van der Waals surface area contributed by atoms with E-state index < -0.39 is 0 Å². The zero-order valence-corrected chi connectivity index (χ0v) is 15.5. The number of aromatic nitrogens is 1. The van der Waals surface area contributed by atoms with Crippen LogP contribution in [0, 0.1) is 6.92 Å². The molecule has 2 rings (SSSR count). The summed E-state index contributed by atoms with van der Waals surface area (Å²) in [6.07, 6.45) is 4.21. The highest BCUT2D eigenvalue weighted by Crippen LogP contribution is 2.23. The fourth-order valence-electron chi connectivity index (χ4n) is 2.51. The summed E-state index contributed by atoms with van der Waals surface area (Å²) in [5, 5.41) is 0.602. The molecule has 0 spiro atoms. The summed E-state index contributed by atoms with van der Waals surface area (Å²) in [5.74, 6) is -0.292. The van der Waals surface area contributed by atoms with Crippen LogP contribution in [0.25, 0.3) is 0 Å². The molecule has 0 bridgehead atoms. The van der Waals surface area contributed by atoms with E-state index in [0.29, 0.717) is 17.3 Å². The molecule has 1 heterocycles. The second kappa shape index (κ2) is 8.62. The molecular formula is C19H22ClN3O2. The summed E-state index contributed by atoms with van der Waals surface area (Å²) in [7, 11) is 1.75. The highest BCUT2D eigenvalue weighted by molar-refractivity contribution is 6.30. The standard InChI is InChI=1S/C19H22ClN3O2/c1-14-12-17(20)4-5-18(14)23(15(2)24)13-19(25)22(3)11-8-16-6-9-21-10-7-16/h4-7,9-10,12H,8,11,13H2,1-3H3. The van der Waals surface area contributed by atoms with Gasteiger partial charge in [0.1, 0.15) is 6.54 Å². The van der Waals surface area contributed by atoms with Crippen molar-refractivity contribution in [3.05, 3.63) is 58.9 Å². The molecule has 0 unspecified atom stereocenters. The van der Waals surface area contributed by atoms with Gasteiger partial charge in [-0.1, -0.05) is 11.6 Å². The smallest absolute Gasteiger partial charge is 0.242 e. The maximum Gasteiger partial charge on any atom is 0.242 e. The van der Waals surface area contributed by atoms with Gasteiger partial charge in [-0.15, -0.1) is 0 Å². The van der Waals surface area contributed by atoms with Crippen LogP contribution in [0.3, 0.4) is 0 Å². The molecule has 1 aromatic carbocycles. The molecule has 0 N–H and O–H groups in total. The quantitative estimate of drug-likeness (QED) is 0.796. The Kier molecular flexibility index (Phi) is 6.53. The number of nitrogens with zero attached hydrogens (tertiary/aromatic N) is 3. The lowest BCUT2D eigenvalue weighted by atomic mass is 10.1. The zero-order valence-electron chi connectivity index (χ0n) is 14.7. The monoisotopic (exact) mass is 359 g/mol. The van der Waals surface area contributed by atoms with E-state index in [2.05, 4.69) is 4.98 Å². The molecule has 0 aliphatic carbocycles. The average Bonchev–Trinajstić information content (AvgIpc) is 2.58. The van der Waals surface area contributed by atoms with Gasteiger partial charge < -0.3 is 9.80 Å². The third kappa shape index (κ3) is 5.29. The van der Waals surface area contributed by atoms with E-state index in [-0.39, 0.29) is 18.4 Å². The minimum Gasteiger partial charge on any atom is -0.344 e. The minimum atomic E-state index is -0.179. The molecule has 0 aliphatic heterocycles. The first-order valence-corrected chi connectivity index (χ1v) is 8.43. The number of hydrogen-bond donors (Lipinski definition) is 0. The van der Waals surface area contributed by atoms with Crippen molar-refractivity contribution in [2.75, 3.05) is 25.0 Å². The number of carbonyl (C=O) groups excluding carboxylic acids is 2. The molecule has 2 aromatic rings. The van der Waals surface area contributed by atoms with Gasteiger partial charge in [-0.3, -0.25) is 14.6 Å². The highest BCUT2D eigenvalue weighted by Gasteiger charge is 2.20. The Hall–Kier alpha value is -2.40. The normalized spacial score (nSPS) is 10.4. The average molecular weight is 360 g/mol. The first kappa shape index (κ1) is 18.9. The van der Waals surface area contributed by atoms with Crippen LogP contribution in [0.5, 0.6) is 0 Å². The molecular weight excluding hydrogens is 338 g/mol. The van der Waals surface area contributed by atoms with Crippen molar-refractivity contribution in [1.82, 2.24) is 9.88 Å². The zero-order chi connectivity index (χ0) is 18.4. The van der Waals surface area contributed by atoms with Crippen molar-refractivity contribution in [3.63, 3.8) is 0 Å². The maximum absolute atomic E-state index is 12.5. The van der Waals surface area contributed by atoms with E-state index in [4.69, 9.17) is 11.6 Å². The Bertz CT molecular complexity index is 750. The lowest BCUT2D eigenvalue weighted by molar-refractivity contribution is -0.130. The number of carbonyl (C=O) groups is 2. The van der Waals surface area contributed by atoms with Crippen molar-refractivity contribution in [3.8, 4) is 0 Å². The molecule has 0 aliphatic rings. The number of anilines is 1. The van der Waals surface area contributed by atoms with Crippen LogP contribution >= 0.6 is 11.6 Å². The van der Waals surface area contributed by atoms with E-state index in [1.807, 2.05) is 19.1 Å². The Morgan fingerprint density at radius 3 is 2.44 bits per heavy atom. The molecule has 6 heteroatoms. The molecule has 0 saturated carbocycles. The predicted molar refractivity (Wildman–Crippen MR) is 99.8 cm³/mol. The van der Waals surface area contributed by atoms with Gasteiger partial charge >= 0.3 is 0 Å². The summed E-state index contributed by atoms with van der Waals surface area (Å²) in [6.45, 7) is 3.91. The first-order valence-electron chi connectivity index (χ1n) is 8.05. The largest absolute Gasteiger partial charge is 0.344 e. The van der Waals surface area contributed by atoms with Crippen molar-refractivity contribution in [2.45, 2.75) is 20.3 Å². The van der Waals surface area contributed by atoms with Gasteiger partial charge in [-0.25, -0.2) is 0 Å². The van der Waals surface area contributed by atoms with Crippen LogP contribution in [0.4, 0.5) is 5.69 Å². The number of likely N-dealkylation sites (N-methyl/N-ethyl adjacent to an activating group) is 1. The fourth-order valence-corrected chi connectivity index (χ4v) is 2.74. The van der Waals surface area contributed by atoms with Gasteiger partial charge in [0.05, 0.1) is 0 Å². The molecule has 0 fully saturated rings. The van der Waals surface area contributed by atoms with Gasteiger partial charge in [0.25, 0.3) is 0 Å². The van der Waals surface area contributed by atoms with E-state index in [0.717, 1.165) is 17.5 Å². The second-order valence-corrected chi connectivity index (χ2v) is 6.39. The van der Waals surface area contributed by atoms with Crippen LogP contribution in [0.2, 0.25) is 5.02 Å². The molecule has 2 amide bonds. The minimum absolute atomic E-state index is 0.00461. The Morgan fingerprint density at radius 1 is 1.16 bits per heavy atom. The summed E-state index contributed by atoms with van der Waals surface area (Å²) in [5.41, 5.74) is 2.68. The third-order valence-corrected chi connectivity index (χ3v) is 4.27. The van der Waals surface area contributed by atoms with Gasteiger partial charge in [0, 0.05) is 43.6 Å². The lowest BCUT2D eigenvalue weighted by Crippen LogP contribution is -2.41. The molecule has 5 nitrogen and oxygen atoms in total. The Balaban J connectivity index is 2.03.